The first-order chi connectivity index (χ1) is 11.6. The van der Waals surface area contributed by atoms with Gasteiger partial charge in [-0.1, -0.05) is 18.2 Å². The van der Waals surface area contributed by atoms with Crippen molar-refractivity contribution in [3.05, 3.63) is 64.7 Å². The van der Waals surface area contributed by atoms with E-state index in [9.17, 15) is 14.4 Å². The van der Waals surface area contributed by atoms with Crippen LogP contribution >= 0.6 is 0 Å². The number of hydrogen-bond acceptors (Lipinski definition) is 4. The van der Waals surface area contributed by atoms with Crippen molar-refractivity contribution in [2.45, 2.75) is 6.42 Å². The van der Waals surface area contributed by atoms with Crippen molar-refractivity contribution in [1.29, 1.82) is 0 Å². The first-order valence-electron chi connectivity index (χ1n) is 7.62. The standard InChI is InChI=1S/C18H14N2O4/c21-16-13-3-1-2-4-14(13)17(22)20(16)10-19-8-7-11-5-6-12(18(23)24)9-15(11)19/h1-6,9H,7-8,10H2,(H,23,24). The van der Waals surface area contributed by atoms with Crippen LogP contribution < -0.4 is 4.90 Å². The average molecular weight is 322 g/mol. The second-order valence-corrected chi connectivity index (χ2v) is 5.89. The van der Waals surface area contributed by atoms with E-state index in [4.69, 9.17) is 5.11 Å². The maximum atomic E-state index is 12.5. The number of carboxylic acid groups (broad SMARTS) is 1. The second-order valence-electron chi connectivity index (χ2n) is 5.89. The van der Waals surface area contributed by atoms with E-state index in [2.05, 4.69) is 0 Å². The molecule has 120 valence electrons. The summed E-state index contributed by atoms with van der Waals surface area (Å²) in [6, 6.07) is 11.7. The molecule has 0 spiro atoms. The van der Waals surface area contributed by atoms with Gasteiger partial charge < -0.3 is 10.0 Å². The minimum Gasteiger partial charge on any atom is -0.478 e. The Labute approximate surface area is 137 Å². The molecule has 2 aliphatic heterocycles. The minimum absolute atomic E-state index is 0.127. The van der Waals surface area contributed by atoms with Gasteiger partial charge in [0.2, 0.25) is 0 Å². The highest BCUT2D eigenvalue weighted by Crippen LogP contribution is 2.31. The number of benzene rings is 2. The van der Waals surface area contributed by atoms with Crippen LogP contribution in [0.15, 0.2) is 42.5 Å². The number of fused-ring (bicyclic) bond motifs is 2. The fraction of sp³-hybridized carbons (Fsp3) is 0.167. The van der Waals surface area contributed by atoms with E-state index in [1.165, 1.54) is 4.90 Å². The van der Waals surface area contributed by atoms with Crippen molar-refractivity contribution < 1.29 is 19.5 Å². The van der Waals surface area contributed by atoms with Gasteiger partial charge in [0, 0.05) is 12.2 Å². The summed E-state index contributed by atoms with van der Waals surface area (Å²) >= 11 is 0. The quantitative estimate of drug-likeness (QED) is 0.875. The molecule has 2 amide bonds. The van der Waals surface area contributed by atoms with Crippen LogP contribution in [0.2, 0.25) is 0 Å². The Morgan fingerprint density at radius 2 is 1.71 bits per heavy atom. The van der Waals surface area contributed by atoms with Crippen molar-refractivity contribution in [1.82, 2.24) is 4.90 Å². The highest BCUT2D eigenvalue weighted by atomic mass is 16.4. The zero-order valence-corrected chi connectivity index (χ0v) is 12.7. The van der Waals surface area contributed by atoms with Gasteiger partial charge in [-0.3, -0.25) is 14.5 Å². The van der Waals surface area contributed by atoms with Crippen LogP contribution in [0.25, 0.3) is 0 Å². The summed E-state index contributed by atoms with van der Waals surface area (Å²) in [4.78, 5) is 39.2. The number of aromatic carboxylic acids is 1. The predicted molar refractivity (Wildman–Crippen MR) is 86.3 cm³/mol. The molecule has 0 saturated heterocycles. The molecule has 0 bridgehead atoms. The Bertz CT molecular complexity index is 855. The summed E-state index contributed by atoms with van der Waals surface area (Å²) in [5.74, 6) is -1.61. The van der Waals surface area contributed by atoms with Gasteiger partial charge >= 0.3 is 5.97 Å². The smallest absolute Gasteiger partial charge is 0.335 e. The molecular weight excluding hydrogens is 308 g/mol. The maximum Gasteiger partial charge on any atom is 0.335 e. The van der Waals surface area contributed by atoms with Gasteiger partial charge in [-0.25, -0.2) is 4.79 Å². The Morgan fingerprint density at radius 1 is 1.04 bits per heavy atom. The molecule has 2 aromatic rings. The van der Waals surface area contributed by atoms with E-state index in [0.29, 0.717) is 17.7 Å². The SMILES string of the molecule is O=C(O)c1ccc2c(c1)N(CN1C(=O)c3ccccc3C1=O)CC2. The summed E-state index contributed by atoms with van der Waals surface area (Å²) in [6.07, 6.45) is 0.762. The van der Waals surface area contributed by atoms with Crippen molar-refractivity contribution in [2.75, 3.05) is 18.1 Å². The van der Waals surface area contributed by atoms with Gasteiger partial charge in [0.1, 0.15) is 6.67 Å². The Morgan fingerprint density at radius 3 is 2.33 bits per heavy atom. The van der Waals surface area contributed by atoms with E-state index < -0.39 is 5.97 Å². The van der Waals surface area contributed by atoms with Crippen LogP contribution in [0.1, 0.15) is 36.6 Å². The molecule has 0 aromatic heterocycles. The van der Waals surface area contributed by atoms with Gasteiger partial charge in [0.15, 0.2) is 0 Å². The largest absolute Gasteiger partial charge is 0.478 e. The average Bonchev–Trinajstić information content (AvgIpc) is 3.10. The summed E-state index contributed by atoms with van der Waals surface area (Å²) in [7, 11) is 0. The summed E-state index contributed by atoms with van der Waals surface area (Å²) in [5.41, 5.74) is 2.83. The van der Waals surface area contributed by atoms with Crippen LogP contribution in [0.4, 0.5) is 5.69 Å². The molecule has 1 N–H and O–H groups in total. The number of carbonyl (C=O) groups is 3. The first kappa shape index (κ1) is 14.4. The van der Waals surface area contributed by atoms with Crippen LogP contribution in [0.5, 0.6) is 0 Å². The lowest BCUT2D eigenvalue weighted by molar-refractivity contribution is 0.0650. The molecule has 2 heterocycles. The zero-order valence-electron chi connectivity index (χ0n) is 12.7. The topological polar surface area (TPSA) is 77.9 Å². The third-order valence-electron chi connectivity index (χ3n) is 4.51. The Balaban J connectivity index is 1.63. The number of anilines is 1. The van der Waals surface area contributed by atoms with Crippen LogP contribution in [-0.2, 0) is 6.42 Å². The minimum atomic E-state index is -0.995. The molecule has 6 heteroatoms. The summed E-state index contributed by atoms with van der Waals surface area (Å²) in [5, 5.41) is 9.15. The van der Waals surface area contributed by atoms with E-state index in [1.54, 1.807) is 42.5 Å². The number of imide groups is 1. The number of rotatable bonds is 3. The molecular formula is C18H14N2O4. The lowest BCUT2D eigenvalue weighted by Crippen LogP contribution is -2.40. The number of hydrogen-bond donors (Lipinski definition) is 1. The lowest BCUT2D eigenvalue weighted by atomic mass is 10.1. The van der Waals surface area contributed by atoms with Crippen LogP contribution in [0, 0.1) is 0 Å². The second kappa shape index (κ2) is 5.19. The molecule has 0 unspecified atom stereocenters. The van der Waals surface area contributed by atoms with E-state index in [1.807, 2.05) is 4.90 Å². The predicted octanol–water partition coefficient (Wildman–Crippen LogP) is 2.00. The number of nitrogens with zero attached hydrogens (tertiary/aromatic N) is 2. The van der Waals surface area contributed by atoms with Crippen LogP contribution in [-0.4, -0.2) is 41.0 Å². The van der Waals surface area contributed by atoms with Gasteiger partial charge in [0.05, 0.1) is 16.7 Å². The lowest BCUT2D eigenvalue weighted by Gasteiger charge is -2.25. The molecule has 2 aromatic carbocycles. The number of amides is 2. The van der Waals surface area contributed by atoms with Crippen molar-refractivity contribution in [3.8, 4) is 0 Å². The zero-order chi connectivity index (χ0) is 16.8. The molecule has 0 radical (unpaired) electrons. The molecule has 2 aliphatic rings. The van der Waals surface area contributed by atoms with Crippen molar-refractivity contribution >= 4 is 23.5 Å². The molecule has 0 saturated carbocycles. The molecule has 0 fully saturated rings. The number of carbonyl (C=O) groups excluding carboxylic acids is 2. The monoisotopic (exact) mass is 322 g/mol. The highest BCUT2D eigenvalue weighted by molar-refractivity contribution is 6.21. The normalized spacial score (nSPS) is 15.7. The Kier molecular flexibility index (Phi) is 3.13. The third kappa shape index (κ3) is 2.07. The van der Waals surface area contributed by atoms with Crippen molar-refractivity contribution in [3.63, 3.8) is 0 Å². The summed E-state index contributed by atoms with van der Waals surface area (Å²) in [6.45, 7) is 0.772. The highest BCUT2D eigenvalue weighted by Gasteiger charge is 2.37. The fourth-order valence-electron chi connectivity index (χ4n) is 3.26. The first-order valence-corrected chi connectivity index (χ1v) is 7.62. The molecule has 0 atom stereocenters. The van der Waals surface area contributed by atoms with Gasteiger partial charge in [-0.15, -0.1) is 0 Å². The summed E-state index contributed by atoms with van der Waals surface area (Å²) < 4.78 is 0. The molecule has 6 nitrogen and oxygen atoms in total. The van der Waals surface area contributed by atoms with Crippen LogP contribution in [0.3, 0.4) is 0 Å². The maximum absolute atomic E-state index is 12.5. The van der Waals surface area contributed by atoms with Crippen molar-refractivity contribution in [2.24, 2.45) is 0 Å². The molecule has 24 heavy (non-hydrogen) atoms. The number of carboxylic acids is 1. The Hall–Kier alpha value is -3.15. The van der Waals surface area contributed by atoms with Gasteiger partial charge in [-0.05, 0) is 36.2 Å². The van der Waals surface area contributed by atoms with Gasteiger partial charge in [-0.2, -0.15) is 0 Å². The third-order valence-corrected chi connectivity index (χ3v) is 4.51. The fourth-order valence-corrected chi connectivity index (χ4v) is 3.26. The van der Waals surface area contributed by atoms with E-state index in [-0.39, 0.29) is 24.0 Å². The van der Waals surface area contributed by atoms with E-state index in [0.717, 1.165) is 17.7 Å². The van der Waals surface area contributed by atoms with E-state index >= 15 is 0 Å². The van der Waals surface area contributed by atoms with Gasteiger partial charge in [0.25, 0.3) is 11.8 Å². The molecule has 4 rings (SSSR count). The molecule has 0 aliphatic carbocycles.